The second-order valence-corrected chi connectivity index (χ2v) is 3.33. The van der Waals surface area contributed by atoms with E-state index in [1.807, 2.05) is 0 Å². The van der Waals surface area contributed by atoms with Crippen molar-refractivity contribution in [3.8, 4) is 0 Å². The highest BCUT2D eigenvalue weighted by Crippen LogP contribution is 2.14. The van der Waals surface area contributed by atoms with Crippen LogP contribution in [0.25, 0.3) is 0 Å². The number of carboxylic acids is 2. The lowest BCUT2D eigenvalue weighted by molar-refractivity contribution is -0.145. The minimum atomic E-state index is -1.26. The van der Waals surface area contributed by atoms with Crippen molar-refractivity contribution in [2.45, 2.75) is 25.3 Å². The highest BCUT2D eigenvalue weighted by atomic mass is 16.5. The molecule has 16 heavy (non-hydrogen) atoms. The van der Waals surface area contributed by atoms with Crippen molar-refractivity contribution in [3.63, 3.8) is 0 Å². The van der Waals surface area contributed by atoms with E-state index in [0.29, 0.717) is 0 Å². The summed E-state index contributed by atoms with van der Waals surface area (Å²) in [5.41, 5.74) is 5.22. The van der Waals surface area contributed by atoms with Gasteiger partial charge in [-0.2, -0.15) is 0 Å². The minimum Gasteiger partial charge on any atom is -0.481 e. The third kappa shape index (κ3) is 5.30. The fourth-order valence-corrected chi connectivity index (χ4v) is 1.14. The van der Waals surface area contributed by atoms with Gasteiger partial charge in [-0.1, -0.05) is 0 Å². The van der Waals surface area contributed by atoms with Crippen LogP contribution >= 0.6 is 0 Å². The molecule has 0 aromatic carbocycles. The number of carbonyl (C=O) groups is 3. The molecule has 0 aliphatic carbocycles. The lowest BCUT2D eigenvalue weighted by Gasteiger charge is -2.13. The Kier molecular flexibility index (Phi) is 6.09. The standard InChI is InChI=1S/C9H15NO6/c1-16-7(11)3-2-5(8(12)13)4-6(10)9(14)15/h5-6H,2-4,10H2,1H3,(H,12,13)(H,14,15)/t5-,6-/m0/s1. The first-order chi connectivity index (χ1) is 7.38. The number of hydrogen-bond acceptors (Lipinski definition) is 5. The van der Waals surface area contributed by atoms with E-state index in [4.69, 9.17) is 15.9 Å². The van der Waals surface area contributed by atoms with E-state index in [9.17, 15) is 14.4 Å². The normalized spacial score (nSPS) is 13.9. The third-order valence-corrected chi connectivity index (χ3v) is 2.13. The summed E-state index contributed by atoms with van der Waals surface area (Å²) in [4.78, 5) is 32.0. The summed E-state index contributed by atoms with van der Waals surface area (Å²) in [6.45, 7) is 0. The van der Waals surface area contributed by atoms with Gasteiger partial charge in [-0.25, -0.2) is 0 Å². The fraction of sp³-hybridized carbons (Fsp3) is 0.667. The Morgan fingerprint density at radius 3 is 2.19 bits per heavy atom. The first-order valence-corrected chi connectivity index (χ1v) is 4.66. The minimum absolute atomic E-state index is 0.0169. The first-order valence-electron chi connectivity index (χ1n) is 4.66. The van der Waals surface area contributed by atoms with Crippen molar-refractivity contribution >= 4 is 17.9 Å². The molecule has 0 aromatic heterocycles. The molecule has 7 nitrogen and oxygen atoms in total. The predicted molar refractivity (Wildman–Crippen MR) is 52.6 cm³/mol. The maximum absolute atomic E-state index is 10.8. The second-order valence-electron chi connectivity index (χ2n) is 3.33. The van der Waals surface area contributed by atoms with Crippen molar-refractivity contribution in [2.75, 3.05) is 7.11 Å². The molecule has 0 unspecified atom stereocenters. The highest BCUT2D eigenvalue weighted by Gasteiger charge is 2.24. The maximum atomic E-state index is 10.8. The van der Waals surface area contributed by atoms with Gasteiger partial charge in [0.15, 0.2) is 0 Å². The molecule has 0 aromatic rings. The first kappa shape index (κ1) is 14.4. The van der Waals surface area contributed by atoms with Crippen molar-refractivity contribution in [2.24, 2.45) is 11.7 Å². The Bertz CT molecular complexity index is 277. The Balaban J connectivity index is 4.23. The molecule has 0 aliphatic heterocycles. The molecular formula is C9H15NO6. The van der Waals surface area contributed by atoms with E-state index in [-0.39, 0.29) is 19.3 Å². The molecule has 92 valence electrons. The number of ether oxygens (including phenoxy) is 1. The molecular weight excluding hydrogens is 218 g/mol. The van der Waals surface area contributed by atoms with Gasteiger partial charge in [0.25, 0.3) is 0 Å². The molecule has 0 fully saturated rings. The topological polar surface area (TPSA) is 127 Å². The van der Waals surface area contributed by atoms with Gasteiger partial charge in [-0.05, 0) is 12.8 Å². The molecule has 0 bridgehead atoms. The van der Waals surface area contributed by atoms with Crippen LogP contribution in [0.15, 0.2) is 0 Å². The smallest absolute Gasteiger partial charge is 0.320 e. The van der Waals surface area contributed by atoms with E-state index < -0.39 is 29.9 Å². The van der Waals surface area contributed by atoms with E-state index in [0.717, 1.165) is 0 Å². The zero-order valence-corrected chi connectivity index (χ0v) is 8.88. The molecule has 0 radical (unpaired) electrons. The summed E-state index contributed by atoms with van der Waals surface area (Å²) in [5.74, 6) is -3.91. The molecule has 2 atom stereocenters. The van der Waals surface area contributed by atoms with Crippen LogP contribution in [0.2, 0.25) is 0 Å². The Morgan fingerprint density at radius 2 is 1.81 bits per heavy atom. The highest BCUT2D eigenvalue weighted by molar-refractivity contribution is 5.76. The predicted octanol–water partition coefficient (Wildman–Crippen LogP) is -0.558. The average molecular weight is 233 g/mol. The van der Waals surface area contributed by atoms with E-state index >= 15 is 0 Å². The molecule has 0 amide bonds. The lowest BCUT2D eigenvalue weighted by Crippen LogP contribution is -2.34. The Labute approximate surface area is 92.2 Å². The number of hydrogen-bond donors (Lipinski definition) is 3. The van der Waals surface area contributed by atoms with Crippen LogP contribution in [0.4, 0.5) is 0 Å². The number of nitrogens with two attached hydrogens (primary N) is 1. The quantitative estimate of drug-likeness (QED) is 0.503. The summed E-state index contributed by atoms with van der Waals surface area (Å²) in [6, 6.07) is -1.24. The summed E-state index contributed by atoms with van der Waals surface area (Å²) in [5, 5.41) is 17.3. The molecule has 0 saturated carbocycles. The molecule has 7 heteroatoms. The van der Waals surface area contributed by atoms with Gasteiger partial charge in [0.05, 0.1) is 13.0 Å². The monoisotopic (exact) mass is 233 g/mol. The number of carboxylic acid groups (broad SMARTS) is 2. The van der Waals surface area contributed by atoms with E-state index in [1.54, 1.807) is 0 Å². The summed E-state index contributed by atoms with van der Waals surface area (Å²) in [7, 11) is 1.20. The molecule has 0 rings (SSSR count). The van der Waals surface area contributed by atoms with Gasteiger partial charge in [-0.15, -0.1) is 0 Å². The zero-order valence-electron chi connectivity index (χ0n) is 8.88. The molecule has 0 saturated heterocycles. The molecule has 0 spiro atoms. The van der Waals surface area contributed by atoms with Gasteiger partial charge in [0.2, 0.25) is 0 Å². The summed E-state index contributed by atoms with van der Waals surface area (Å²) < 4.78 is 4.35. The van der Waals surface area contributed by atoms with Crippen LogP contribution in [0.3, 0.4) is 0 Å². The van der Waals surface area contributed by atoms with Crippen molar-refractivity contribution in [1.29, 1.82) is 0 Å². The molecule has 0 heterocycles. The molecule has 4 N–H and O–H groups in total. The summed E-state index contributed by atoms with van der Waals surface area (Å²) >= 11 is 0. The zero-order chi connectivity index (χ0) is 12.7. The van der Waals surface area contributed by atoms with Gasteiger partial charge in [0.1, 0.15) is 6.04 Å². The largest absolute Gasteiger partial charge is 0.481 e. The van der Waals surface area contributed by atoms with Crippen LogP contribution in [-0.4, -0.2) is 41.3 Å². The van der Waals surface area contributed by atoms with Gasteiger partial charge in [-0.3, -0.25) is 14.4 Å². The second kappa shape index (κ2) is 6.78. The van der Waals surface area contributed by atoms with Gasteiger partial charge in [0, 0.05) is 6.42 Å². The van der Waals surface area contributed by atoms with Crippen molar-refractivity contribution in [3.05, 3.63) is 0 Å². The van der Waals surface area contributed by atoms with E-state index in [2.05, 4.69) is 4.74 Å². The van der Waals surface area contributed by atoms with Crippen molar-refractivity contribution < 1.29 is 29.3 Å². The van der Waals surface area contributed by atoms with E-state index in [1.165, 1.54) is 7.11 Å². The van der Waals surface area contributed by atoms with Crippen LogP contribution in [-0.2, 0) is 19.1 Å². The Morgan fingerprint density at radius 1 is 1.25 bits per heavy atom. The summed E-state index contributed by atoms with van der Waals surface area (Å²) in [6.07, 6.45) is -0.259. The SMILES string of the molecule is COC(=O)CC[C@@H](C[C@H](N)C(=O)O)C(=O)O. The number of esters is 1. The number of carbonyl (C=O) groups excluding carboxylic acids is 1. The molecule has 0 aliphatic rings. The van der Waals surface area contributed by atoms with Crippen LogP contribution in [0.5, 0.6) is 0 Å². The van der Waals surface area contributed by atoms with Crippen LogP contribution in [0.1, 0.15) is 19.3 Å². The number of methoxy groups -OCH3 is 1. The number of aliphatic carboxylic acids is 2. The number of rotatable bonds is 7. The third-order valence-electron chi connectivity index (χ3n) is 2.13. The average Bonchev–Trinajstić information content (AvgIpc) is 2.22. The maximum Gasteiger partial charge on any atom is 0.320 e. The van der Waals surface area contributed by atoms with Gasteiger partial charge < -0.3 is 20.7 Å². The van der Waals surface area contributed by atoms with Gasteiger partial charge >= 0.3 is 17.9 Å². The Hall–Kier alpha value is -1.63. The fourth-order valence-electron chi connectivity index (χ4n) is 1.14. The van der Waals surface area contributed by atoms with Crippen molar-refractivity contribution in [1.82, 2.24) is 0 Å². The lowest BCUT2D eigenvalue weighted by atomic mass is 9.95. The van der Waals surface area contributed by atoms with Crippen LogP contribution < -0.4 is 5.73 Å². The van der Waals surface area contributed by atoms with Crippen LogP contribution in [0, 0.1) is 5.92 Å².